The Morgan fingerprint density at radius 2 is 1.83 bits per heavy atom. The number of hydrogen-bond donors (Lipinski definition) is 1. The Morgan fingerprint density at radius 3 is 2.61 bits per heavy atom. The first-order chi connectivity index (χ1) is 8.69. The molecule has 1 heterocycles. The zero-order valence-corrected chi connectivity index (χ0v) is 10.4. The molecule has 0 bridgehead atoms. The lowest BCUT2D eigenvalue weighted by Crippen LogP contribution is -2.06. The highest BCUT2D eigenvalue weighted by molar-refractivity contribution is 6.31. The molecule has 0 fully saturated rings. The highest BCUT2D eigenvalue weighted by Crippen LogP contribution is 2.26. The molecule has 2 aromatic carbocycles. The Bertz CT molecular complexity index is 808. The van der Waals surface area contributed by atoms with Gasteiger partial charge in [0.2, 0.25) is 0 Å². The van der Waals surface area contributed by atoms with E-state index in [9.17, 15) is 4.79 Å². The lowest BCUT2D eigenvalue weighted by molar-refractivity contribution is 0.415. The van der Waals surface area contributed by atoms with Crippen LogP contribution < -0.4 is 10.3 Å². The lowest BCUT2D eigenvalue weighted by atomic mass is 10.1. The van der Waals surface area contributed by atoms with Gasteiger partial charge in [-0.05, 0) is 30.3 Å². The van der Waals surface area contributed by atoms with E-state index >= 15 is 0 Å². The fourth-order valence-corrected chi connectivity index (χ4v) is 2.29. The van der Waals surface area contributed by atoms with Crippen LogP contribution in [0.5, 0.6) is 5.75 Å². The van der Waals surface area contributed by atoms with Gasteiger partial charge in [0.05, 0.1) is 12.6 Å². The normalized spacial score (nSPS) is 11.0. The third kappa shape index (κ3) is 1.64. The van der Waals surface area contributed by atoms with Crippen LogP contribution in [0.25, 0.3) is 21.7 Å². The number of hydrogen-bond acceptors (Lipinski definition) is 2. The third-order valence-electron chi connectivity index (χ3n) is 2.99. The molecule has 0 spiro atoms. The fourth-order valence-electron chi connectivity index (χ4n) is 2.12. The number of H-pyrrole nitrogens is 1. The second kappa shape index (κ2) is 4.03. The van der Waals surface area contributed by atoms with Gasteiger partial charge in [0.25, 0.3) is 5.56 Å². The Kier molecular flexibility index (Phi) is 2.49. The molecule has 0 unspecified atom stereocenters. The maximum Gasteiger partial charge on any atom is 0.256 e. The summed E-state index contributed by atoms with van der Waals surface area (Å²) in [5, 5.41) is 3.06. The van der Waals surface area contributed by atoms with Gasteiger partial charge in [-0.1, -0.05) is 17.7 Å². The van der Waals surface area contributed by atoms with Gasteiger partial charge in [0.1, 0.15) is 5.75 Å². The van der Waals surface area contributed by atoms with Crippen molar-refractivity contribution in [1.82, 2.24) is 4.98 Å². The van der Waals surface area contributed by atoms with E-state index in [0.29, 0.717) is 10.4 Å². The molecule has 0 radical (unpaired) electrons. The van der Waals surface area contributed by atoms with Crippen molar-refractivity contribution in [2.24, 2.45) is 0 Å². The monoisotopic (exact) mass is 259 g/mol. The van der Waals surface area contributed by atoms with E-state index < -0.39 is 0 Å². The molecule has 4 heteroatoms. The van der Waals surface area contributed by atoms with E-state index in [1.54, 1.807) is 31.4 Å². The summed E-state index contributed by atoms with van der Waals surface area (Å²) in [6, 6.07) is 10.9. The van der Waals surface area contributed by atoms with Crippen LogP contribution in [-0.2, 0) is 0 Å². The molecular weight excluding hydrogens is 250 g/mol. The first-order valence-corrected chi connectivity index (χ1v) is 5.86. The van der Waals surface area contributed by atoms with Crippen LogP contribution >= 0.6 is 11.6 Å². The van der Waals surface area contributed by atoms with Crippen molar-refractivity contribution in [3.8, 4) is 5.75 Å². The van der Waals surface area contributed by atoms with Gasteiger partial charge in [0.15, 0.2) is 0 Å². The first kappa shape index (κ1) is 11.1. The molecule has 0 amide bonds. The quantitative estimate of drug-likeness (QED) is 0.681. The number of nitrogens with one attached hydrogen (secondary N) is 1. The van der Waals surface area contributed by atoms with E-state index in [-0.39, 0.29) is 5.56 Å². The van der Waals surface area contributed by atoms with E-state index in [4.69, 9.17) is 16.3 Å². The molecule has 90 valence electrons. The maximum absolute atomic E-state index is 12.0. The number of ether oxygens (including phenoxy) is 1. The molecule has 0 aliphatic heterocycles. The van der Waals surface area contributed by atoms with Crippen molar-refractivity contribution >= 4 is 33.3 Å². The predicted molar refractivity (Wildman–Crippen MR) is 73.6 cm³/mol. The second-order valence-corrected chi connectivity index (χ2v) is 4.49. The van der Waals surface area contributed by atoms with Crippen molar-refractivity contribution in [2.75, 3.05) is 7.11 Å². The maximum atomic E-state index is 12.0. The first-order valence-electron chi connectivity index (χ1n) is 5.48. The van der Waals surface area contributed by atoms with Crippen molar-refractivity contribution in [1.29, 1.82) is 0 Å². The van der Waals surface area contributed by atoms with Crippen LogP contribution in [0.15, 0.2) is 41.2 Å². The molecule has 0 saturated heterocycles. The molecule has 0 saturated carbocycles. The summed E-state index contributed by atoms with van der Waals surface area (Å²) in [6.45, 7) is 0. The molecular formula is C14H10ClNO2. The van der Waals surface area contributed by atoms with Crippen LogP contribution in [0.1, 0.15) is 0 Å². The van der Waals surface area contributed by atoms with E-state index in [0.717, 1.165) is 22.0 Å². The minimum Gasteiger partial charge on any atom is -0.497 e. The summed E-state index contributed by atoms with van der Waals surface area (Å²) >= 11 is 5.93. The van der Waals surface area contributed by atoms with Crippen molar-refractivity contribution in [2.45, 2.75) is 0 Å². The van der Waals surface area contributed by atoms with Gasteiger partial charge in [-0.15, -0.1) is 0 Å². The second-order valence-electron chi connectivity index (χ2n) is 4.06. The molecule has 0 aliphatic rings. The summed E-state index contributed by atoms with van der Waals surface area (Å²) in [5.41, 5.74) is 0.607. The van der Waals surface area contributed by atoms with Crippen molar-refractivity contribution in [3.63, 3.8) is 0 Å². The van der Waals surface area contributed by atoms with Crippen LogP contribution in [0.2, 0.25) is 5.02 Å². The van der Waals surface area contributed by atoms with Crippen molar-refractivity contribution < 1.29 is 4.74 Å². The number of fused-ring (bicyclic) bond motifs is 3. The van der Waals surface area contributed by atoms with Crippen LogP contribution in [0, 0.1) is 0 Å². The van der Waals surface area contributed by atoms with E-state index in [1.807, 2.05) is 12.1 Å². The summed E-state index contributed by atoms with van der Waals surface area (Å²) in [7, 11) is 1.60. The Hall–Kier alpha value is -2.00. The van der Waals surface area contributed by atoms with Gasteiger partial charge in [-0.25, -0.2) is 0 Å². The van der Waals surface area contributed by atoms with E-state index in [1.165, 1.54) is 0 Å². The SMILES string of the molecule is COc1ccc2c(=O)[nH]c3cc(Cl)ccc3c2c1. The summed E-state index contributed by atoms with van der Waals surface area (Å²) in [4.78, 5) is 14.8. The topological polar surface area (TPSA) is 42.1 Å². The highest BCUT2D eigenvalue weighted by atomic mass is 35.5. The van der Waals surface area contributed by atoms with Crippen LogP contribution in [-0.4, -0.2) is 12.1 Å². The number of rotatable bonds is 1. The molecule has 0 aliphatic carbocycles. The molecule has 3 rings (SSSR count). The molecule has 1 N–H and O–H groups in total. The summed E-state index contributed by atoms with van der Waals surface area (Å²) < 4.78 is 5.20. The van der Waals surface area contributed by atoms with Gasteiger partial charge in [-0.2, -0.15) is 0 Å². The van der Waals surface area contributed by atoms with Crippen LogP contribution in [0.4, 0.5) is 0 Å². The average molecular weight is 260 g/mol. The zero-order valence-electron chi connectivity index (χ0n) is 9.66. The number of pyridine rings is 1. The average Bonchev–Trinajstić information content (AvgIpc) is 2.38. The van der Waals surface area contributed by atoms with Gasteiger partial charge in [-0.3, -0.25) is 4.79 Å². The number of aromatic nitrogens is 1. The summed E-state index contributed by atoms with van der Waals surface area (Å²) in [6.07, 6.45) is 0. The molecule has 1 aromatic heterocycles. The third-order valence-corrected chi connectivity index (χ3v) is 3.23. The Balaban J connectivity index is 2.54. The lowest BCUT2D eigenvalue weighted by Gasteiger charge is -2.06. The highest BCUT2D eigenvalue weighted by Gasteiger charge is 2.06. The standard InChI is InChI=1S/C14H10ClNO2/c1-18-9-3-5-11-12(7-9)10-4-2-8(15)6-13(10)16-14(11)17/h2-7H,1H3,(H,16,17). The molecule has 0 atom stereocenters. The Labute approximate surface area is 108 Å². The Morgan fingerprint density at radius 1 is 1.06 bits per heavy atom. The molecule has 3 nitrogen and oxygen atoms in total. The number of methoxy groups -OCH3 is 1. The van der Waals surface area contributed by atoms with Crippen molar-refractivity contribution in [3.05, 3.63) is 51.8 Å². The van der Waals surface area contributed by atoms with Gasteiger partial charge >= 0.3 is 0 Å². The largest absolute Gasteiger partial charge is 0.497 e. The minimum absolute atomic E-state index is 0.123. The zero-order chi connectivity index (χ0) is 12.7. The van der Waals surface area contributed by atoms with Gasteiger partial charge < -0.3 is 9.72 Å². The number of aromatic amines is 1. The number of benzene rings is 2. The summed E-state index contributed by atoms with van der Waals surface area (Å²) in [5.74, 6) is 0.726. The predicted octanol–water partition coefficient (Wildman–Crippen LogP) is 3.34. The van der Waals surface area contributed by atoms with Crippen LogP contribution in [0.3, 0.4) is 0 Å². The smallest absolute Gasteiger partial charge is 0.256 e. The molecule has 18 heavy (non-hydrogen) atoms. The van der Waals surface area contributed by atoms with E-state index in [2.05, 4.69) is 4.98 Å². The number of halogens is 1. The fraction of sp³-hybridized carbons (Fsp3) is 0.0714. The molecule has 3 aromatic rings. The van der Waals surface area contributed by atoms with Gasteiger partial charge in [0, 0.05) is 21.2 Å². The minimum atomic E-state index is -0.123.